The zero-order valence-electron chi connectivity index (χ0n) is 20.2. The van der Waals surface area contributed by atoms with Crippen molar-refractivity contribution in [2.24, 2.45) is 0 Å². The lowest BCUT2D eigenvalue weighted by Crippen LogP contribution is -2.33. The van der Waals surface area contributed by atoms with E-state index < -0.39 is 10.0 Å². The van der Waals surface area contributed by atoms with Crippen molar-refractivity contribution in [1.82, 2.24) is 9.62 Å². The largest absolute Gasteiger partial charge is 0.494 e. The van der Waals surface area contributed by atoms with Gasteiger partial charge < -0.3 is 10.1 Å². The summed E-state index contributed by atoms with van der Waals surface area (Å²) in [5.74, 6) is 0.331. The van der Waals surface area contributed by atoms with Gasteiger partial charge in [-0.1, -0.05) is 41.9 Å². The predicted octanol–water partition coefficient (Wildman–Crippen LogP) is 5.31. The minimum absolute atomic E-state index is 0.0225. The third-order valence-corrected chi connectivity index (χ3v) is 7.69. The Labute approximate surface area is 212 Å². The zero-order valence-corrected chi connectivity index (χ0v) is 21.8. The molecule has 1 amide bonds. The van der Waals surface area contributed by atoms with Gasteiger partial charge in [0.1, 0.15) is 5.75 Å². The molecule has 1 atom stereocenters. The molecular weight excluding hydrogens is 484 g/mol. The average Bonchev–Trinajstić information content (AvgIpc) is 2.84. The van der Waals surface area contributed by atoms with Crippen molar-refractivity contribution < 1.29 is 17.9 Å². The topological polar surface area (TPSA) is 75.7 Å². The predicted molar refractivity (Wildman–Crippen MR) is 139 cm³/mol. The molecular formula is C27H31ClN2O4S. The van der Waals surface area contributed by atoms with Crippen LogP contribution in [0.25, 0.3) is 0 Å². The summed E-state index contributed by atoms with van der Waals surface area (Å²) in [6, 6.07) is 21.2. The van der Waals surface area contributed by atoms with E-state index in [0.29, 0.717) is 28.5 Å². The Morgan fingerprint density at radius 2 is 1.74 bits per heavy atom. The molecule has 0 heterocycles. The van der Waals surface area contributed by atoms with Crippen LogP contribution in [0.1, 0.15) is 41.8 Å². The third-order valence-electron chi connectivity index (χ3n) is 5.62. The van der Waals surface area contributed by atoms with Gasteiger partial charge in [0.05, 0.1) is 11.5 Å². The molecule has 3 aromatic rings. The second kappa shape index (κ2) is 12.2. The maximum absolute atomic E-state index is 13.0. The molecule has 0 aromatic heterocycles. The highest BCUT2D eigenvalue weighted by Crippen LogP contribution is 2.25. The van der Waals surface area contributed by atoms with Gasteiger partial charge in [-0.05, 0) is 74.7 Å². The lowest BCUT2D eigenvalue weighted by atomic mass is 10.1. The number of benzene rings is 3. The first kappa shape index (κ1) is 26.7. The maximum Gasteiger partial charge on any atom is 0.251 e. The van der Waals surface area contributed by atoms with Crippen LogP contribution < -0.4 is 10.1 Å². The number of aryl methyl sites for hydroxylation is 1. The Morgan fingerprint density at radius 1 is 1.06 bits per heavy atom. The molecule has 0 aliphatic rings. The van der Waals surface area contributed by atoms with Crippen LogP contribution in [0.5, 0.6) is 5.75 Å². The number of carbonyl (C=O) groups is 1. The van der Waals surface area contributed by atoms with Gasteiger partial charge in [-0.3, -0.25) is 4.79 Å². The summed E-state index contributed by atoms with van der Waals surface area (Å²) < 4.78 is 33.0. The van der Waals surface area contributed by atoms with Crippen molar-refractivity contribution in [2.75, 3.05) is 13.7 Å². The van der Waals surface area contributed by atoms with E-state index in [9.17, 15) is 13.2 Å². The minimum Gasteiger partial charge on any atom is -0.494 e. The summed E-state index contributed by atoms with van der Waals surface area (Å²) >= 11 is 5.90. The summed E-state index contributed by atoms with van der Waals surface area (Å²) in [5.41, 5.74) is 2.28. The Hall–Kier alpha value is -2.87. The van der Waals surface area contributed by atoms with E-state index in [-0.39, 0.29) is 23.4 Å². The molecule has 0 unspecified atom stereocenters. The van der Waals surface area contributed by atoms with Crippen molar-refractivity contribution in [3.63, 3.8) is 0 Å². The third kappa shape index (κ3) is 7.31. The zero-order chi connectivity index (χ0) is 25.4. The summed E-state index contributed by atoms with van der Waals surface area (Å²) in [4.78, 5) is 13.1. The van der Waals surface area contributed by atoms with Gasteiger partial charge in [0, 0.05) is 35.8 Å². The van der Waals surface area contributed by atoms with Crippen molar-refractivity contribution in [2.45, 2.75) is 44.2 Å². The molecule has 1 N–H and O–H groups in total. The molecule has 0 radical (unpaired) electrons. The van der Waals surface area contributed by atoms with Gasteiger partial charge in [0.25, 0.3) is 5.91 Å². The molecule has 8 heteroatoms. The molecule has 186 valence electrons. The molecule has 6 nitrogen and oxygen atoms in total. The fourth-order valence-electron chi connectivity index (χ4n) is 3.66. The first-order valence-corrected chi connectivity index (χ1v) is 13.3. The normalized spacial score (nSPS) is 12.4. The number of amides is 1. The van der Waals surface area contributed by atoms with E-state index in [1.165, 1.54) is 41.2 Å². The molecule has 3 rings (SSSR count). The Balaban J connectivity index is 1.73. The number of nitrogens with one attached hydrogen (secondary N) is 1. The number of nitrogens with zero attached hydrogens (tertiary/aromatic N) is 1. The average molecular weight is 515 g/mol. The quantitative estimate of drug-likeness (QED) is 0.376. The molecule has 0 bridgehead atoms. The van der Waals surface area contributed by atoms with Crippen LogP contribution in [0.2, 0.25) is 5.02 Å². The van der Waals surface area contributed by atoms with Gasteiger partial charge >= 0.3 is 0 Å². The van der Waals surface area contributed by atoms with E-state index in [2.05, 4.69) is 17.4 Å². The molecule has 0 spiro atoms. The van der Waals surface area contributed by atoms with Crippen molar-refractivity contribution >= 4 is 27.5 Å². The van der Waals surface area contributed by atoms with Gasteiger partial charge in [-0.2, -0.15) is 4.31 Å². The van der Waals surface area contributed by atoms with E-state index in [4.69, 9.17) is 16.3 Å². The monoisotopic (exact) mass is 514 g/mol. The number of sulfonamides is 1. The minimum atomic E-state index is -3.75. The number of rotatable bonds is 11. The second-order valence-electron chi connectivity index (χ2n) is 8.37. The van der Waals surface area contributed by atoms with Gasteiger partial charge in [-0.25, -0.2) is 8.42 Å². The number of hydrogen-bond donors (Lipinski definition) is 1. The molecule has 3 aromatic carbocycles. The molecule has 0 fully saturated rings. The Morgan fingerprint density at radius 3 is 2.40 bits per heavy atom. The first-order chi connectivity index (χ1) is 16.7. The van der Waals surface area contributed by atoms with E-state index in [0.717, 1.165) is 12.8 Å². The van der Waals surface area contributed by atoms with Gasteiger partial charge in [0.2, 0.25) is 10.0 Å². The number of halogens is 1. The SMILES string of the molecule is CCOc1ccc(C(=O)N[C@@H](C)CCc2ccccc2)cc1CN(C)S(=O)(=O)c1ccc(Cl)cc1. The molecule has 0 aliphatic carbocycles. The van der Waals surface area contributed by atoms with E-state index in [1.807, 2.05) is 32.0 Å². The highest BCUT2D eigenvalue weighted by Gasteiger charge is 2.23. The van der Waals surface area contributed by atoms with Crippen LogP contribution in [-0.2, 0) is 23.0 Å². The lowest BCUT2D eigenvalue weighted by Gasteiger charge is -2.20. The van der Waals surface area contributed by atoms with Crippen LogP contribution in [0, 0.1) is 0 Å². The van der Waals surface area contributed by atoms with Crippen LogP contribution >= 0.6 is 11.6 Å². The number of carbonyl (C=O) groups excluding carboxylic acids is 1. The lowest BCUT2D eigenvalue weighted by molar-refractivity contribution is 0.0938. The highest BCUT2D eigenvalue weighted by atomic mass is 35.5. The van der Waals surface area contributed by atoms with Crippen LogP contribution in [-0.4, -0.2) is 38.3 Å². The van der Waals surface area contributed by atoms with Crippen molar-refractivity contribution in [3.05, 3.63) is 94.5 Å². The highest BCUT2D eigenvalue weighted by molar-refractivity contribution is 7.89. The van der Waals surface area contributed by atoms with Crippen molar-refractivity contribution in [1.29, 1.82) is 0 Å². The fraction of sp³-hybridized carbons (Fsp3) is 0.296. The molecule has 35 heavy (non-hydrogen) atoms. The molecule has 0 saturated heterocycles. The van der Waals surface area contributed by atoms with E-state index in [1.54, 1.807) is 18.2 Å². The Bertz CT molecular complexity index is 1230. The standard InChI is InChI=1S/C27H31ClN2O4S/c1-4-34-26-17-12-22(27(31)29-20(2)10-11-21-8-6-5-7-9-21)18-23(26)19-30(3)35(32,33)25-15-13-24(28)14-16-25/h5-9,12-18,20H,4,10-11,19H2,1-3H3,(H,29,31)/t20-/m0/s1. The maximum atomic E-state index is 13.0. The number of hydrogen-bond acceptors (Lipinski definition) is 4. The van der Waals surface area contributed by atoms with Gasteiger partial charge in [0.15, 0.2) is 0 Å². The molecule has 0 aliphatic heterocycles. The smallest absolute Gasteiger partial charge is 0.251 e. The first-order valence-electron chi connectivity index (χ1n) is 11.5. The van der Waals surface area contributed by atoms with Crippen LogP contribution in [0.3, 0.4) is 0 Å². The second-order valence-corrected chi connectivity index (χ2v) is 10.9. The summed E-state index contributed by atoms with van der Waals surface area (Å²) in [5, 5.41) is 3.50. The molecule has 0 saturated carbocycles. The fourth-order valence-corrected chi connectivity index (χ4v) is 4.93. The summed E-state index contributed by atoms with van der Waals surface area (Å²) in [6.45, 7) is 4.30. The summed E-state index contributed by atoms with van der Waals surface area (Å²) in [7, 11) is -2.25. The summed E-state index contributed by atoms with van der Waals surface area (Å²) in [6.07, 6.45) is 1.67. The van der Waals surface area contributed by atoms with Crippen LogP contribution in [0.4, 0.5) is 0 Å². The van der Waals surface area contributed by atoms with Crippen LogP contribution in [0.15, 0.2) is 77.7 Å². The number of ether oxygens (including phenoxy) is 1. The Kier molecular flexibility index (Phi) is 9.32. The van der Waals surface area contributed by atoms with E-state index >= 15 is 0 Å². The van der Waals surface area contributed by atoms with Crippen molar-refractivity contribution in [3.8, 4) is 5.75 Å². The van der Waals surface area contributed by atoms with Gasteiger partial charge in [-0.15, -0.1) is 0 Å².